The molecule has 0 aromatic heterocycles. The summed E-state index contributed by atoms with van der Waals surface area (Å²) in [6, 6.07) is 0. The molecule has 0 aromatic rings. The van der Waals surface area contributed by atoms with Crippen LogP contribution in [0.3, 0.4) is 0 Å². The Morgan fingerprint density at radius 2 is 2.36 bits per heavy atom. The van der Waals surface area contributed by atoms with E-state index in [1.165, 1.54) is 32.5 Å². The number of hydrogen-bond acceptors (Lipinski definition) is 2. The minimum absolute atomic E-state index is 0.715. The fraction of sp³-hybridized carbons (Fsp3) is 0.833. The number of likely N-dealkylation sites (tertiary alicyclic amines) is 1. The number of allylic oxidation sites excluding steroid dienone is 1. The van der Waals surface area contributed by atoms with Gasteiger partial charge in [-0.15, -0.1) is 6.58 Å². The average Bonchev–Trinajstić information content (AvgIpc) is 2.21. The van der Waals surface area contributed by atoms with Crippen molar-refractivity contribution < 1.29 is 0 Å². The van der Waals surface area contributed by atoms with E-state index >= 15 is 0 Å². The van der Waals surface area contributed by atoms with Crippen LogP contribution in [0.5, 0.6) is 0 Å². The van der Waals surface area contributed by atoms with Crippen LogP contribution in [0.4, 0.5) is 0 Å². The van der Waals surface area contributed by atoms with Crippen LogP contribution >= 0.6 is 0 Å². The first-order chi connectivity index (χ1) is 6.77. The van der Waals surface area contributed by atoms with Crippen LogP contribution in [-0.4, -0.2) is 31.1 Å². The van der Waals surface area contributed by atoms with Gasteiger partial charge in [-0.05, 0) is 50.7 Å². The summed E-state index contributed by atoms with van der Waals surface area (Å²) in [6.07, 6.45) is 5.71. The fourth-order valence-electron chi connectivity index (χ4n) is 2.19. The lowest BCUT2D eigenvalue weighted by Gasteiger charge is -2.36. The second kappa shape index (κ2) is 6.20. The van der Waals surface area contributed by atoms with Crippen molar-refractivity contribution in [2.24, 2.45) is 17.6 Å². The monoisotopic (exact) mass is 196 g/mol. The zero-order valence-corrected chi connectivity index (χ0v) is 9.41. The summed E-state index contributed by atoms with van der Waals surface area (Å²) in [4.78, 5) is 2.56. The second-order valence-corrected chi connectivity index (χ2v) is 4.49. The van der Waals surface area contributed by atoms with Gasteiger partial charge in [-0.3, -0.25) is 0 Å². The lowest BCUT2D eigenvalue weighted by molar-refractivity contribution is 0.131. The molecule has 2 heteroatoms. The standard InChI is InChI=1S/C12H24N2/c1-3-4-5-7-14-8-6-11(2)12(9-13)10-14/h3,11-12H,1,4-10,13H2,2H3. The van der Waals surface area contributed by atoms with Crippen molar-refractivity contribution in [3.8, 4) is 0 Å². The molecule has 0 aliphatic carbocycles. The van der Waals surface area contributed by atoms with Crippen LogP contribution in [0, 0.1) is 11.8 Å². The molecule has 0 saturated carbocycles. The molecule has 0 spiro atoms. The van der Waals surface area contributed by atoms with Gasteiger partial charge in [0, 0.05) is 6.54 Å². The predicted octanol–water partition coefficient (Wildman–Crippen LogP) is 1.87. The Morgan fingerprint density at radius 3 is 3.00 bits per heavy atom. The Morgan fingerprint density at radius 1 is 1.57 bits per heavy atom. The molecule has 0 amide bonds. The smallest absolute Gasteiger partial charge is 0.00243 e. The summed E-state index contributed by atoms with van der Waals surface area (Å²) in [5.74, 6) is 1.53. The van der Waals surface area contributed by atoms with Crippen molar-refractivity contribution in [2.75, 3.05) is 26.2 Å². The van der Waals surface area contributed by atoms with Gasteiger partial charge >= 0.3 is 0 Å². The second-order valence-electron chi connectivity index (χ2n) is 4.49. The summed E-state index contributed by atoms with van der Waals surface area (Å²) < 4.78 is 0. The summed E-state index contributed by atoms with van der Waals surface area (Å²) >= 11 is 0. The van der Waals surface area contributed by atoms with E-state index in [2.05, 4.69) is 18.4 Å². The maximum Gasteiger partial charge on any atom is 0.00243 e. The molecule has 2 unspecified atom stereocenters. The van der Waals surface area contributed by atoms with E-state index in [0.29, 0.717) is 5.92 Å². The third-order valence-corrected chi connectivity index (χ3v) is 3.38. The minimum atomic E-state index is 0.715. The molecule has 14 heavy (non-hydrogen) atoms. The number of unbranched alkanes of at least 4 members (excludes halogenated alkanes) is 1. The van der Waals surface area contributed by atoms with Gasteiger partial charge in [0.15, 0.2) is 0 Å². The highest BCUT2D eigenvalue weighted by atomic mass is 15.1. The normalized spacial score (nSPS) is 29.0. The van der Waals surface area contributed by atoms with Gasteiger partial charge in [0.1, 0.15) is 0 Å². The van der Waals surface area contributed by atoms with Gasteiger partial charge in [0.2, 0.25) is 0 Å². The molecule has 1 saturated heterocycles. The Kier molecular flexibility index (Phi) is 5.20. The fourth-order valence-corrected chi connectivity index (χ4v) is 2.19. The molecule has 1 aliphatic heterocycles. The molecule has 2 atom stereocenters. The Bertz CT molecular complexity index is 168. The van der Waals surface area contributed by atoms with Crippen molar-refractivity contribution >= 4 is 0 Å². The van der Waals surface area contributed by atoms with E-state index in [0.717, 1.165) is 18.9 Å². The zero-order chi connectivity index (χ0) is 10.4. The Balaban J connectivity index is 2.24. The minimum Gasteiger partial charge on any atom is -0.330 e. The highest BCUT2D eigenvalue weighted by Gasteiger charge is 2.24. The molecule has 1 rings (SSSR count). The first-order valence-corrected chi connectivity index (χ1v) is 5.81. The first-order valence-electron chi connectivity index (χ1n) is 5.81. The van der Waals surface area contributed by atoms with Gasteiger partial charge in [0.25, 0.3) is 0 Å². The third-order valence-electron chi connectivity index (χ3n) is 3.38. The molecule has 0 aromatic carbocycles. The molecule has 0 bridgehead atoms. The lowest BCUT2D eigenvalue weighted by atomic mass is 9.87. The zero-order valence-electron chi connectivity index (χ0n) is 9.41. The Labute approximate surface area is 88.2 Å². The van der Waals surface area contributed by atoms with Crippen molar-refractivity contribution in [2.45, 2.75) is 26.2 Å². The number of nitrogens with zero attached hydrogens (tertiary/aromatic N) is 1. The largest absolute Gasteiger partial charge is 0.330 e. The first kappa shape index (κ1) is 11.7. The van der Waals surface area contributed by atoms with Gasteiger partial charge in [0.05, 0.1) is 0 Å². The predicted molar refractivity (Wildman–Crippen MR) is 62.2 cm³/mol. The van der Waals surface area contributed by atoms with E-state index in [4.69, 9.17) is 5.73 Å². The van der Waals surface area contributed by atoms with E-state index in [1.807, 2.05) is 6.08 Å². The topological polar surface area (TPSA) is 29.3 Å². The molecule has 1 fully saturated rings. The maximum atomic E-state index is 5.77. The van der Waals surface area contributed by atoms with Crippen LogP contribution in [0.25, 0.3) is 0 Å². The molecular formula is C12H24N2. The van der Waals surface area contributed by atoms with E-state index in [1.54, 1.807) is 0 Å². The molecule has 1 aliphatic rings. The third kappa shape index (κ3) is 3.43. The van der Waals surface area contributed by atoms with Gasteiger partial charge in [-0.1, -0.05) is 13.0 Å². The summed E-state index contributed by atoms with van der Waals surface area (Å²) in [5.41, 5.74) is 5.77. The van der Waals surface area contributed by atoms with Crippen LogP contribution < -0.4 is 5.73 Å². The molecule has 0 radical (unpaired) electrons. The van der Waals surface area contributed by atoms with Crippen molar-refractivity contribution in [3.63, 3.8) is 0 Å². The molecule has 2 nitrogen and oxygen atoms in total. The lowest BCUT2D eigenvalue weighted by Crippen LogP contribution is -2.42. The number of nitrogens with two attached hydrogens (primary N) is 1. The van der Waals surface area contributed by atoms with Crippen LogP contribution in [0.2, 0.25) is 0 Å². The molecule has 2 N–H and O–H groups in total. The highest BCUT2D eigenvalue weighted by molar-refractivity contribution is 4.79. The number of hydrogen-bond donors (Lipinski definition) is 1. The SMILES string of the molecule is C=CCCCN1CCC(C)C(CN)C1. The van der Waals surface area contributed by atoms with E-state index in [9.17, 15) is 0 Å². The molecular weight excluding hydrogens is 172 g/mol. The van der Waals surface area contributed by atoms with E-state index in [-0.39, 0.29) is 0 Å². The quantitative estimate of drug-likeness (QED) is 0.537. The summed E-state index contributed by atoms with van der Waals surface area (Å²) in [7, 11) is 0. The van der Waals surface area contributed by atoms with Crippen molar-refractivity contribution in [1.82, 2.24) is 4.90 Å². The van der Waals surface area contributed by atoms with Crippen LogP contribution in [0.15, 0.2) is 12.7 Å². The summed E-state index contributed by atoms with van der Waals surface area (Å²) in [6.45, 7) is 10.6. The average molecular weight is 196 g/mol. The van der Waals surface area contributed by atoms with Crippen molar-refractivity contribution in [1.29, 1.82) is 0 Å². The van der Waals surface area contributed by atoms with E-state index < -0.39 is 0 Å². The summed E-state index contributed by atoms with van der Waals surface area (Å²) in [5, 5.41) is 0. The molecule has 82 valence electrons. The van der Waals surface area contributed by atoms with Crippen LogP contribution in [0.1, 0.15) is 26.2 Å². The highest BCUT2D eigenvalue weighted by Crippen LogP contribution is 2.22. The van der Waals surface area contributed by atoms with Crippen molar-refractivity contribution in [3.05, 3.63) is 12.7 Å². The van der Waals surface area contributed by atoms with Gasteiger partial charge < -0.3 is 10.6 Å². The number of piperidine rings is 1. The molecule has 1 heterocycles. The maximum absolute atomic E-state index is 5.77. The Hall–Kier alpha value is -0.340. The van der Waals surface area contributed by atoms with Gasteiger partial charge in [-0.25, -0.2) is 0 Å². The van der Waals surface area contributed by atoms with Gasteiger partial charge in [-0.2, -0.15) is 0 Å². The number of rotatable bonds is 5. The van der Waals surface area contributed by atoms with Crippen LogP contribution in [-0.2, 0) is 0 Å².